The summed E-state index contributed by atoms with van der Waals surface area (Å²) >= 11 is 0. The average molecular weight is 326 g/mol. The Morgan fingerprint density at radius 1 is 1.33 bits per heavy atom. The van der Waals surface area contributed by atoms with Crippen molar-refractivity contribution in [2.45, 2.75) is 38.6 Å². The van der Waals surface area contributed by atoms with Crippen molar-refractivity contribution in [1.29, 1.82) is 5.26 Å². The smallest absolute Gasteiger partial charge is 0.269 e. The minimum Gasteiger partial charge on any atom is -0.350 e. The van der Waals surface area contributed by atoms with Gasteiger partial charge in [-0.15, -0.1) is 15.0 Å². The number of aromatic nitrogens is 3. The van der Waals surface area contributed by atoms with Gasteiger partial charge in [-0.05, 0) is 37.8 Å². The summed E-state index contributed by atoms with van der Waals surface area (Å²) in [5.74, 6) is 0.599. The Labute approximate surface area is 139 Å². The summed E-state index contributed by atoms with van der Waals surface area (Å²) in [6, 6.07) is 8.45. The fourth-order valence-electron chi connectivity index (χ4n) is 3.09. The molecule has 124 valence electrons. The molecule has 24 heavy (non-hydrogen) atoms. The van der Waals surface area contributed by atoms with Gasteiger partial charge in [0.15, 0.2) is 5.82 Å². The van der Waals surface area contributed by atoms with Gasteiger partial charge in [-0.25, -0.2) is 0 Å². The molecule has 0 unspecified atom stereocenters. The number of anilines is 1. The molecule has 1 aromatic heterocycles. The molecule has 0 radical (unpaired) electrons. The van der Waals surface area contributed by atoms with Crippen LogP contribution in [0.2, 0.25) is 0 Å². The molecule has 8 heteroatoms. The molecule has 0 aliphatic carbocycles. The van der Waals surface area contributed by atoms with Crippen molar-refractivity contribution in [2.75, 3.05) is 11.4 Å². The van der Waals surface area contributed by atoms with E-state index in [2.05, 4.69) is 28.1 Å². The second kappa shape index (κ2) is 6.66. The zero-order valence-corrected chi connectivity index (χ0v) is 13.4. The van der Waals surface area contributed by atoms with Crippen LogP contribution in [0.4, 0.5) is 11.5 Å². The number of nitrogens with zero attached hydrogens (tertiary/aromatic N) is 6. The second-order valence-corrected chi connectivity index (χ2v) is 5.80. The van der Waals surface area contributed by atoms with Gasteiger partial charge in [-0.3, -0.25) is 10.1 Å². The lowest BCUT2D eigenvalue weighted by atomic mass is 10.00. The van der Waals surface area contributed by atoms with E-state index in [0.717, 1.165) is 25.8 Å². The van der Waals surface area contributed by atoms with E-state index in [-0.39, 0.29) is 11.4 Å². The van der Waals surface area contributed by atoms with Crippen molar-refractivity contribution in [3.63, 3.8) is 0 Å². The molecular formula is C16H18N6O2. The van der Waals surface area contributed by atoms with Gasteiger partial charge in [0.05, 0.1) is 10.6 Å². The molecule has 8 nitrogen and oxygen atoms in total. The molecular weight excluding hydrogens is 308 g/mol. The summed E-state index contributed by atoms with van der Waals surface area (Å²) in [6.07, 6.45) is 4.35. The third-order valence-electron chi connectivity index (χ3n) is 4.36. The molecule has 3 rings (SSSR count). The zero-order chi connectivity index (χ0) is 17.1. The second-order valence-electron chi connectivity index (χ2n) is 5.80. The van der Waals surface area contributed by atoms with Gasteiger partial charge in [0, 0.05) is 24.7 Å². The lowest BCUT2D eigenvalue weighted by Crippen LogP contribution is -2.39. The van der Waals surface area contributed by atoms with Crippen LogP contribution in [0.5, 0.6) is 0 Å². The van der Waals surface area contributed by atoms with Crippen molar-refractivity contribution < 1.29 is 4.92 Å². The number of nitriles is 1. The van der Waals surface area contributed by atoms with E-state index in [1.165, 1.54) is 23.4 Å². The Kier molecular flexibility index (Phi) is 4.42. The van der Waals surface area contributed by atoms with E-state index < -0.39 is 4.92 Å². The molecule has 0 N–H and O–H groups in total. The summed E-state index contributed by atoms with van der Waals surface area (Å²) in [5.41, 5.74) is 0.885. The third kappa shape index (κ3) is 2.93. The fourth-order valence-corrected chi connectivity index (χ4v) is 3.09. The molecule has 0 amide bonds. The van der Waals surface area contributed by atoms with Gasteiger partial charge in [-0.1, -0.05) is 6.92 Å². The highest BCUT2D eigenvalue weighted by Crippen LogP contribution is 2.27. The van der Waals surface area contributed by atoms with Crippen molar-refractivity contribution in [2.24, 2.45) is 0 Å². The minimum atomic E-state index is -0.452. The van der Waals surface area contributed by atoms with Gasteiger partial charge < -0.3 is 4.90 Å². The van der Waals surface area contributed by atoms with Crippen molar-refractivity contribution in [1.82, 2.24) is 15.0 Å². The summed E-state index contributed by atoms with van der Waals surface area (Å²) in [6.45, 7) is 3.00. The first-order chi connectivity index (χ1) is 11.6. The maximum atomic E-state index is 10.7. The van der Waals surface area contributed by atoms with Crippen molar-refractivity contribution in [3.05, 3.63) is 40.1 Å². The largest absolute Gasteiger partial charge is 0.350 e. The van der Waals surface area contributed by atoms with E-state index in [4.69, 9.17) is 0 Å². The SMILES string of the molecule is CC[C@H]1CCCCN1c1nn(-c2ccc([N+](=O)[O-])cc2)nc1C#N. The third-order valence-corrected chi connectivity index (χ3v) is 4.36. The number of hydrogen-bond donors (Lipinski definition) is 0. The van der Waals surface area contributed by atoms with Crippen LogP contribution in [-0.2, 0) is 0 Å². The lowest BCUT2D eigenvalue weighted by molar-refractivity contribution is -0.384. The molecule has 0 spiro atoms. The van der Waals surface area contributed by atoms with E-state index >= 15 is 0 Å². The number of nitro groups is 1. The van der Waals surface area contributed by atoms with E-state index in [9.17, 15) is 15.4 Å². The quantitative estimate of drug-likeness (QED) is 0.632. The number of hydrogen-bond acceptors (Lipinski definition) is 6. The van der Waals surface area contributed by atoms with E-state index in [0.29, 0.717) is 17.5 Å². The van der Waals surface area contributed by atoms with Crippen LogP contribution < -0.4 is 4.90 Å². The molecule has 1 atom stereocenters. The van der Waals surface area contributed by atoms with Crippen LogP contribution in [0.3, 0.4) is 0 Å². The molecule has 1 fully saturated rings. The fraction of sp³-hybridized carbons (Fsp3) is 0.438. The van der Waals surface area contributed by atoms with Gasteiger partial charge in [-0.2, -0.15) is 5.26 Å². The highest BCUT2D eigenvalue weighted by molar-refractivity contribution is 5.51. The van der Waals surface area contributed by atoms with Crippen LogP contribution in [0, 0.1) is 21.4 Å². The highest BCUT2D eigenvalue weighted by atomic mass is 16.6. The number of benzene rings is 1. The summed E-state index contributed by atoms with van der Waals surface area (Å²) in [4.78, 5) is 13.8. The van der Waals surface area contributed by atoms with Gasteiger partial charge >= 0.3 is 0 Å². The molecule has 1 aliphatic heterocycles. The average Bonchev–Trinajstić information content (AvgIpc) is 3.06. The van der Waals surface area contributed by atoms with Gasteiger partial charge in [0.2, 0.25) is 5.69 Å². The van der Waals surface area contributed by atoms with Gasteiger partial charge in [0.25, 0.3) is 5.69 Å². The number of rotatable bonds is 4. The van der Waals surface area contributed by atoms with Crippen LogP contribution >= 0.6 is 0 Å². The van der Waals surface area contributed by atoms with E-state index in [1.54, 1.807) is 12.1 Å². The maximum Gasteiger partial charge on any atom is 0.269 e. The van der Waals surface area contributed by atoms with Crippen molar-refractivity contribution >= 4 is 11.5 Å². The Morgan fingerprint density at radius 3 is 2.71 bits per heavy atom. The standard InChI is InChI=1S/C16H18N6O2/c1-2-12-5-3-4-10-20(12)16-15(11-17)18-21(19-16)13-6-8-14(9-7-13)22(23)24/h6-9,12H,2-5,10H2,1H3/t12-/m0/s1. The monoisotopic (exact) mass is 326 g/mol. The predicted molar refractivity (Wildman–Crippen MR) is 88.0 cm³/mol. The first kappa shape index (κ1) is 15.9. The zero-order valence-electron chi connectivity index (χ0n) is 13.4. The maximum absolute atomic E-state index is 10.7. The highest BCUT2D eigenvalue weighted by Gasteiger charge is 2.27. The number of nitro benzene ring substituents is 1. The topological polar surface area (TPSA) is 101 Å². The molecule has 1 saturated heterocycles. The summed E-state index contributed by atoms with van der Waals surface area (Å²) < 4.78 is 0. The molecule has 0 saturated carbocycles. The molecule has 2 aromatic rings. The molecule has 0 bridgehead atoms. The number of non-ortho nitro benzene ring substituents is 1. The Balaban J connectivity index is 1.95. The van der Waals surface area contributed by atoms with Crippen molar-refractivity contribution in [3.8, 4) is 11.8 Å². The first-order valence-electron chi connectivity index (χ1n) is 8.03. The Bertz CT molecular complexity index is 777. The van der Waals surface area contributed by atoms with E-state index in [1.807, 2.05) is 0 Å². The van der Waals surface area contributed by atoms with Gasteiger partial charge in [0.1, 0.15) is 6.07 Å². The van der Waals surface area contributed by atoms with Crippen LogP contribution in [0.1, 0.15) is 38.3 Å². The normalized spacial score (nSPS) is 17.5. The first-order valence-corrected chi connectivity index (χ1v) is 8.03. The van der Waals surface area contributed by atoms with Crippen LogP contribution in [-0.4, -0.2) is 32.5 Å². The minimum absolute atomic E-state index is 0.00807. The summed E-state index contributed by atoms with van der Waals surface area (Å²) in [7, 11) is 0. The predicted octanol–water partition coefficient (Wildman–Crippen LogP) is 2.82. The molecule has 1 aromatic carbocycles. The van der Waals surface area contributed by atoms with Crippen LogP contribution in [0.25, 0.3) is 5.69 Å². The lowest BCUT2D eigenvalue weighted by Gasteiger charge is -2.35. The number of piperidine rings is 1. The Hall–Kier alpha value is -2.95. The molecule has 1 aliphatic rings. The molecule has 2 heterocycles. The van der Waals surface area contributed by atoms with Crippen LogP contribution in [0.15, 0.2) is 24.3 Å². The summed E-state index contributed by atoms with van der Waals surface area (Å²) in [5, 5.41) is 28.9. The Morgan fingerprint density at radius 2 is 2.08 bits per heavy atom.